The molecule has 7 N–H and O–H groups in total. The Morgan fingerprint density at radius 3 is 1.98 bits per heavy atom. The van der Waals surface area contributed by atoms with Crippen LogP contribution >= 0.6 is 0 Å². The molecule has 2 aromatic carbocycles. The summed E-state index contributed by atoms with van der Waals surface area (Å²) in [5.41, 5.74) is 7.33. The van der Waals surface area contributed by atoms with E-state index in [2.05, 4.69) is 17.6 Å². The minimum absolute atomic E-state index is 0.00953. The van der Waals surface area contributed by atoms with Crippen molar-refractivity contribution in [2.45, 2.75) is 95.0 Å². The number of hydrogen-bond donors (Lipinski definition) is 6. The smallest absolute Gasteiger partial charge is 0.326 e. The molecule has 0 aliphatic rings. The van der Waals surface area contributed by atoms with Crippen molar-refractivity contribution < 1.29 is 43.4 Å². The summed E-state index contributed by atoms with van der Waals surface area (Å²) in [6.45, 7) is 2.10. The highest BCUT2D eigenvalue weighted by molar-refractivity contribution is 7.84. The molecule has 0 aliphatic carbocycles. The van der Waals surface area contributed by atoms with Gasteiger partial charge in [0, 0.05) is 48.7 Å². The highest BCUT2D eigenvalue weighted by Crippen LogP contribution is 2.16. The lowest BCUT2D eigenvalue weighted by atomic mass is 10.0. The Bertz CT molecular complexity index is 1370. The number of likely N-dealkylation sites (N-methyl/N-ethyl adjacent to an activating group) is 1. The monoisotopic (exact) mass is 704 g/mol. The summed E-state index contributed by atoms with van der Waals surface area (Å²) in [6.07, 6.45) is 4.95. The van der Waals surface area contributed by atoms with Crippen LogP contribution in [-0.4, -0.2) is 105 Å². The van der Waals surface area contributed by atoms with Crippen LogP contribution in [0.3, 0.4) is 0 Å². The average molecular weight is 705 g/mol. The third-order valence-electron chi connectivity index (χ3n) is 8.32. The lowest BCUT2D eigenvalue weighted by Gasteiger charge is -2.32. The van der Waals surface area contributed by atoms with Gasteiger partial charge in [-0.15, -0.1) is 0 Å². The number of carbonyl (C=O) groups excluding carboxylic acids is 3. The number of unbranched alkanes of at least 4 members (excludes halogenated alkanes) is 4. The first-order chi connectivity index (χ1) is 23.3. The molecule has 0 saturated heterocycles. The van der Waals surface area contributed by atoms with E-state index in [4.69, 9.17) is 10.5 Å². The maximum atomic E-state index is 13.8. The van der Waals surface area contributed by atoms with Crippen LogP contribution < -0.4 is 21.1 Å². The maximum absolute atomic E-state index is 13.8. The van der Waals surface area contributed by atoms with Gasteiger partial charge in [0.05, 0.1) is 7.11 Å². The number of amides is 3. The molecule has 13 nitrogen and oxygen atoms in total. The summed E-state index contributed by atoms with van der Waals surface area (Å²) in [6, 6.07) is 7.90. The first kappa shape index (κ1) is 41.2. The molecule has 14 heteroatoms. The van der Waals surface area contributed by atoms with E-state index < -0.39 is 64.8 Å². The summed E-state index contributed by atoms with van der Waals surface area (Å²) in [5, 5.41) is 35.7. The molecule has 0 fully saturated rings. The number of nitrogens with two attached hydrogens (primary N) is 1. The number of aliphatic hydroxyl groups excluding tert-OH is 1. The molecule has 0 bridgehead atoms. The summed E-state index contributed by atoms with van der Waals surface area (Å²) in [7, 11) is 1.51. The topological polar surface area (TPSA) is 209 Å². The van der Waals surface area contributed by atoms with Crippen molar-refractivity contribution in [1.82, 2.24) is 15.5 Å². The molecule has 272 valence electrons. The second kappa shape index (κ2) is 21.2. The van der Waals surface area contributed by atoms with Crippen LogP contribution in [0.4, 0.5) is 0 Å². The molecule has 0 aliphatic heterocycles. The zero-order valence-electron chi connectivity index (χ0n) is 28.8. The fraction of sp³-hybridized carbons (Fsp3) is 0.543. The largest absolute Gasteiger partial charge is 0.508 e. The van der Waals surface area contributed by atoms with E-state index >= 15 is 0 Å². The van der Waals surface area contributed by atoms with Gasteiger partial charge in [0.1, 0.15) is 35.7 Å². The summed E-state index contributed by atoms with van der Waals surface area (Å²) >= 11 is 0. The number of nitrogens with one attached hydrogen (secondary N) is 2. The van der Waals surface area contributed by atoms with Crippen LogP contribution in [0.1, 0.15) is 63.0 Å². The first-order valence-electron chi connectivity index (χ1n) is 16.5. The minimum atomic E-state index is -1.58. The van der Waals surface area contributed by atoms with Gasteiger partial charge in [-0.1, -0.05) is 63.3 Å². The van der Waals surface area contributed by atoms with Crippen molar-refractivity contribution in [3.8, 4) is 11.5 Å². The molecule has 0 spiro atoms. The number of methoxy groups -OCH3 is 1. The number of aliphatic hydroxyl groups is 1. The molecule has 2 aromatic rings. The predicted octanol–water partition coefficient (Wildman–Crippen LogP) is 1.88. The van der Waals surface area contributed by atoms with Gasteiger partial charge in [-0.25, -0.2) is 4.79 Å². The van der Waals surface area contributed by atoms with Crippen molar-refractivity contribution in [1.29, 1.82) is 0 Å². The Labute approximate surface area is 291 Å². The highest BCUT2D eigenvalue weighted by Gasteiger charge is 2.35. The SMILES string of the molecule is CCCCCCCC(N)C(O)C(=O)N(C)C(CCS(C)=O)C(=O)NC(Cc1ccc(O)cc1)C(=O)NC(Cc1ccc(OC)cc1)C(=O)O. The van der Waals surface area contributed by atoms with E-state index in [-0.39, 0.29) is 30.8 Å². The van der Waals surface area contributed by atoms with Crippen LogP contribution in [0.15, 0.2) is 48.5 Å². The van der Waals surface area contributed by atoms with Crippen LogP contribution in [-0.2, 0) is 42.8 Å². The third-order valence-corrected chi connectivity index (χ3v) is 9.13. The molecule has 3 amide bonds. The Morgan fingerprint density at radius 2 is 1.43 bits per heavy atom. The average Bonchev–Trinajstić information content (AvgIpc) is 3.07. The number of benzene rings is 2. The molecule has 49 heavy (non-hydrogen) atoms. The normalized spacial score (nSPS) is 14.8. The number of phenolic OH excluding ortho intramolecular Hbond substituents is 1. The maximum Gasteiger partial charge on any atom is 0.326 e. The molecule has 0 heterocycles. The molecule has 6 atom stereocenters. The molecule has 6 unspecified atom stereocenters. The zero-order valence-corrected chi connectivity index (χ0v) is 29.6. The number of rotatable bonds is 22. The number of aliphatic carboxylic acids is 1. The van der Waals surface area contributed by atoms with Crippen molar-refractivity contribution in [3.63, 3.8) is 0 Å². The Morgan fingerprint density at radius 1 is 0.878 bits per heavy atom. The van der Waals surface area contributed by atoms with Crippen molar-refractivity contribution in [2.75, 3.05) is 26.2 Å². The van der Waals surface area contributed by atoms with E-state index in [1.807, 2.05) is 0 Å². The van der Waals surface area contributed by atoms with E-state index in [9.17, 15) is 38.7 Å². The second-order valence-electron chi connectivity index (χ2n) is 12.2. The molecule has 0 aromatic heterocycles. The number of carboxylic acid groups (broad SMARTS) is 1. The van der Waals surface area contributed by atoms with Crippen molar-refractivity contribution in [3.05, 3.63) is 59.7 Å². The Hall–Kier alpha value is -4.01. The zero-order chi connectivity index (χ0) is 36.5. The van der Waals surface area contributed by atoms with Gasteiger partial charge in [0.25, 0.3) is 5.91 Å². The fourth-order valence-electron chi connectivity index (χ4n) is 5.28. The first-order valence-corrected chi connectivity index (χ1v) is 18.2. The van der Waals surface area contributed by atoms with Crippen molar-refractivity contribution >= 4 is 34.5 Å². The summed E-state index contributed by atoms with van der Waals surface area (Å²) < 4.78 is 17.2. The van der Waals surface area contributed by atoms with E-state index in [1.54, 1.807) is 36.4 Å². The van der Waals surface area contributed by atoms with Gasteiger partial charge in [0.2, 0.25) is 11.8 Å². The molecule has 0 saturated carbocycles. The summed E-state index contributed by atoms with van der Waals surface area (Å²) in [5.74, 6) is -3.01. The lowest BCUT2D eigenvalue weighted by molar-refractivity contribution is -0.147. The standard InChI is InChI=1S/C35H52N4O9S/c1-5-6-7-8-9-10-27(36)31(41)34(44)39(2)30(19-20-49(4)47)33(43)37-28(21-23-11-15-25(40)16-12-23)32(42)38-29(35(45)46)22-24-13-17-26(48-3)18-14-24/h11-18,27-31,40-41H,5-10,19-22,36H2,1-4H3,(H,37,43)(H,38,42)(H,45,46). The van der Waals surface area contributed by atoms with Crippen molar-refractivity contribution in [2.24, 2.45) is 5.73 Å². The van der Waals surface area contributed by atoms with Gasteiger partial charge in [-0.05, 0) is 48.2 Å². The lowest BCUT2D eigenvalue weighted by Crippen LogP contribution is -2.58. The molecular formula is C35H52N4O9S. The number of ether oxygens (including phenoxy) is 1. The number of carbonyl (C=O) groups is 4. The van der Waals surface area contributed by atoms with Gasteiger partial charge >= 0.3 is 5.97 Å². The summed E-state index contributed by atoms with van der Waals surface area (Å²) in [4.78, 5) is 54.1. The van der Waals surface area contributed by atoms with Crippen LogP contribution in [0, 0.1) is 0 Å². The minimum Gasteiger partial charge on any atom is -0.508 e. The molecular weight excluding hydrogens is 652 g/mol. The van der Waals surface area contributed by atoms with Crippen LogP contribution in [0.2, 0.25) is 0 Å². The van der Waals surface area contributed by atoms with E-state index in [0.717, 1.165) is 37.0 Å². The van der Waals surface area contributed by atoms with Gasteiger partial charge in [0.15, 0.2) is 0 Å². The van der Waals surface area contributed by atoms with Gasteiger partial charge < -0.3 is 41.3 Å². The number of nitrogens with zero attached hydrogens (tertiary/aromatic N) is 1. The predicted molar refractivity (Wildman–Crippen MR) is 187 cm³/mol. The van der Waals surface area contributed by atoms with Gasteiger partial charge in [-0.3, -0.25) is 18.6 Å². The number of aromatic hydroxyl groups is 1. The van der Waals surface area contributed by atoms with E-state index in [1.165, 1.54) is 32.5 Å². The number of carboxylic acids is 1. The number of phenols is 1. The highest BCUT2D eigenvalue weighted by atomic mass is 32.2. The molecule has 2 rings (SSSR count). The Kier molecular flexibility index (Phi) is 17.8. The molecule has 0 radical (unpaired) electrons. The van der Waals surface area contributed by atoms with Gasteiger partial charge in [-0.2, -0.15) is 0 Å². The number of hydrogen-bond acceptors (Lipinski definition) is 9. The van der Waals surface area contributed by atoms with Crippen LogP contribution in [0.25, 0.3) is 0 Å². The Balaban J connectivity index is 2.29. The quantitative estimate of drug-likeness (QED) is 0.0981. The van der Waals surface area contributed by atoms with Crippen LogP contribution in [0.5, 0.6) is 11.5 Å². The van der Waals surface area contributed by atoms with E-state index in [0.29, 0.717) is 23.3 Å². The fourth-order valence-corrected chi connectivity index (χ4v) is 5.83. The second-order valence-corrected chi connectivity index (χ2v) is 13.8. The third kappa shape index (κ3) is 14.2.